The van der Waals surface area contributed by atoms with Gasteiger partial charge in [0.05, 0.1) is 14.2 Å². The summed E-state index contributed by atoms with van der Waals surface area (Å²) >= 11 is 1.85. The molecule has 0 bridgehead atoms. The van der Waals surface area contributed by atoms with Crippen LogP contribution in [0.1, 0.15) is 32.8 Å². The number of benzene rings is 1. The largest absolute Gasteiger partial charge is 0.493 e. The monoisotopic (exact) mass is 325 g/mol. The molecular formula is C17H27NO3S. The van der Waals surface area contributed by atoms with Crippen molar-refractivity contribution in [2.45, 2.75) is 38.4 Å². The molecule has 0 aliphatic heterocycles. The van der Waals surface area contributed by atoms with E-state index in [1.54, 1.807) is 14.2 Å². The molecule has 5 heteroatoms. The zero-order valence-corrected chi connectivity index (χ0v) is 15.0. The van der Waals surface area contributed by atoms with Gasteiger partial charge in [-0.25, -0.2) is 0 Å². The second kappa shape index (κ2) is 8.93. The van der Waals surface area contributed by atoms with Gasteiger partial charge < -0.3 is 14.8 Å². The molecule has 1 rings (SSSR count). The van der Waals surface area contributed by atoms with Gasteiger partial charge in [-0.15, -0.1) is 0 Å². The van der Waals surface area contributed by atoms with Gasteiger partial charge in [-0.3, -0.25) is 4.79 Å². The minimum absolute atomic E-state index is 0.0873. The molecule has 1 N–H and O–H groups in total. The van der Waals surface area contributed by atoms with Crippen LogP contribution in [0, 0.1) is 0 Å². The van der Waals surface area contributed by atoms with E-state index >= 15 is 0 Å². The Balaban J connectivity index is 2.35. The average molecular weight is 325 g/mol. The van der Waals surface area contributed by atoms with E-state index in [0.717, 1.165) is 11.3 Å². The Morgan fingerprint density at radius 3 is 2.45 bits per heavy atom. The van der Waals surface area contributed by atoms with Gasteiger partial charge in [0.25, 0.3) is 0 Å². The van der Waals surface area contributed by atoms with Gasteiger partial charge >= 0.3 is 0 Å². The Morgan fingerprint density at radius 1 is 1.18 bits per heavy atom. The second-order valence-corrected chi connectivity index (χ2v) is 7.92. The standard InChI is InChI=1S/C17H27NO3S/c1-17(2,3)22-11-10-18-16(19)9-7-13-6-8-14(20-4)15(12-13)21-5/h6,8,12H,7,9-11H2,1-5H3,(H,18,19). The Morgan fingerprint density at radius 2 is 1.86 bits per heavy atom. The highest BCUT2D eigenvalue weighted by molar-refractivity contribution is 8.00. The van der Waals surface area contributed by atoms with E-state index in [1.165, 1.54) is 0 Å². The third-order valence-corrected chi connectivity index (χ3v) is 4.32. The van der Waals surface area contributed by atoms with Crippen LogP contribution in [-0.2, 0) is 11.2 Å². The van der Waals surface area contributed by atoms with E-state index in [2.05, 4.69) is 26.1 Å². The average Bonchev–Trinajstić information content (AvgIpc) is 2.48. The molecular weight excluding hydrogens is 298 g/mol. The summed E-state index contributed by atoms with van der Waals surface area (Å²) in [5.74, 6) is 2.42. The smallest absolute Gasteiger partial charge is 0.220 e. The lowest BCUT2D eigenvalue weighted by Gasteiger charge is -2.17. The third-order valence-electron chi connectivity index (χ3n) is 3.05. The Labute approximate surface area is 138 Å². The third kappa shape index (κ3) is 7.07. The minimum Gasteiger partial charge on any atom is -0.493 e. The van der Waals surface area contributed by atoms with Crippen LogP contribution in [0.4, 0.5) is 0 Å². The Kier molecular flexibility index (Phi) is 7.59. The van der Waals surface area contributed by atoms with Gasteiger partial charge in [-0.1, -0.05) is 26.8 Å². The highest BCUT2D eigenvalue weighted by Gasteiger charge is 2.10. The summed E-state index contributed by atoms with van der Waals surface area (Å²) < 4.78 is 10.7. The van der Waals surface area contributed by atoms with E-state index < -0.39 is 0 Å². The molecule has 0 unspecified atom stereocenters. The lowest BCUT2D eigenvalue weighted by molar-refractivity contribution is -0.120. The first-order valence-electron chi connectivity index (χ1n) is 7.47. The molecule has 0 radical (unpaired) electrons. The van der Waals surface area contributed by atoms with Gasteiger partial charge in [0.2, 0.25) is 5.91 Å². The molecule has 0 atom stereocenters. The lowest BCUT2D eigenvalue weighted by Crippen LogP contribution is -2.27. The highest BCUT2D eigenvalue weighted by Crippen LogP contribution is 2.28. The number of carbonyl (C=O) groups is 1. The van der Waals surface area contributed by atoms with Gasteiger partial charge in [0.15, 0.2) is 11.5 Å². The SMILES string of the molecule is COc1ccc(CCC(=O)NCCSC(C)(C)C)cc1OC. The van der Waals surface area contributed by atoms with Crippen molar-refractivity contribution in [1.82, 2.24) is 5.32 Å². The molecule has 0 saturated heterocycles. The number of thioether (sulfide) groups is 1. The molecule has 0 saturated carbocycles. The predicted molar refractivity (Wildman–Crippen MR) is 93.1 cm³/mol. The van der Waals surface area contributed by atoms with Crippen LogP contribution in [0.15, 0.2) is 18.2 Å². The molecule has 1 aromatic rings. The predicted octanol–water partition coefficient (Wildman–Crippen LogP) is 3.28. The van der Waals surface area contributed by atoms with E-state index in [1.807, 2.05) is 30.0 Å². The van der Waals surface area contributed by atoms with Gasteiger partial charge in [-0.05, 0) is 24.1 Å². The van der Waals surface area contributed by atoms with Crippen LogP contribution < -0.4 is 14.8 Å². The molecule has 0 heterocycles. The van der Waals surface area contributed by atoms with E-state index in [0.29, 0.717) is 30.9 Å². The summed E-state index contributed by atoms with van der Waals surface area (Å²) in [4.78, 5) is 11.8. The quantitative estimate of drug-likeness (QED) is 0.745. The number of nitrogens with one attached hydrogen (secondary N) is 1. The summed E-state index contributed by atoms with van der Waals surface area (Å²) in [6, 6.07) is 5.75. The number of hydrogen-bond donors (Lipinski definition) is 1. The number of methoxy groups -OCH3 is 2. The Hall–Kier alpha value is -1.36. The maximum Gasteiger partial charge on any atom is 0.220 e. The van der Waals surface area contributed by atoms with E-state index in [4.69, 9.17) is 9.47 Å². The molecule has 0 aliphatic rings. The van der Waals surface area contributed by atoms with Crippen molar-refractivity contribution in [2.24, 2.45) is 0 Å². The minimum atomic E-state index is 0.0873. The summed E-state index contributed by atoms with van der Waals surface area (Å²) in [7, 11) is 3.22. The van der Waals surface area contributed by atoms with Crippen LogP contribution in [0.5, 0.6) is 11.5 Å². The Bertz CT molecular complexity index is 483. The summed E-state index contributed by atoms with van der Waals surface area (Å²) in [5, 5.41) is 2.96. The van der Waals surface area contributed by atoms with Crippen LogP contribution in [-0.4, -0.2) is 37.2 Å². The molecule has 1 amide bonds. The van der Waals surface area contributed by atoms with E-state index in [9.17, 15) is 4.79 Å². The maximum absolute atomic E-state index is 11.8. The molecule has 4 nitrogen and oxygen atoms in total. The van der Waals surface area contributed by atoms with E-state index in [-0.39, 0.29) is 10.7 Å². The fourth-order valence-corrected chi connectivity index (χ4v) is 2.75. The van der Waals surface area contributed by atoms with Crippen molar-refractivity contribution in [1.29, 1.82) is 0 Å². The van der Waals surface area contributed by atoms with Crippen molar-refractivity contribution in [3.8, 4) is 11.5 Å². The normalized spacial score (nSPS) is 11.1. The fourth-order valence-electron chi connectivity index (χ4n) is 1.93. The highest BCUT2D eigenvalue weighted by atomic mass is 32.2. The fraction of sp³-hybridized carbons (Fsp3) is 0.588. The zero-order chi connectivity index (χ0) is 16.6. The summed E-state index contributed by atoms with van der Waals surface area (Å²) in [6.45, 7) is 7.25. The van der Waals surface area contributed by atoms with Crippen LogP contribution >= 0.6 is 11.8 Å². The first-order valence-corrected chi connectivity index (χ1v) is 8.46. The lowest BCUT2D eigenvalue weighted by atomic mass is 10.1. The number of carbonyl (C=O) groups excluding carboxylic acids is 1. The molecule has 0 aliphatic carbocycles. The summed E-state index contributed by atoms with van der Waals surface area (Å²) in [5.41, 5.74) is 1.07. The van der Waals surface area contributed by atoms with Gasteiger partial charge in [0.1, 0.15) is 0 Å². The van der Waals surface area contributed by atoms with Gasteiger partial charge in [-0.2, -0.15) is 11.8 Å². The van der Waals surface area contributed by atoms with Crippen molar-refractivity contribution >= 4 is 17.7 Å². The number of hydrogen-bond acceptors (Lipinski definition) is 4. The molecule has 0 spiro atoms. The molecule has 0 fully saturated rings. The molecule has 0 aromatic heterocycles. The maximum atomic E-state index is 11.8. The van der Waals surface area contributed by atoms with Crippen molar-refractivity contribution in [3.63, 3.8) is 0 Å². The number of rotatable bonds is 8. The number of aryl methyl sites for hydroxylation is 1. The number of ether oxygens (including phenoxy) is 2. The van der Waals surface area contributed by atoms with Crippen LogP contribution in [0.25, 0.3) is 0 Å². The topological polar surface area (TPSA) is 47.6 Å². The van der Waals surface area contributed by atoms with Crippen LogP contribution in [0.3, 0.4) is 0 Å². The molecule has 22 heavy (non-hydrogen) atoms. The number of amides is 1. The van der Waals surface area contributed by atoms with Crippen molar-refractivity contribution in [3.05, 3.63) is 23.8 Å². The van der Waals surface area contributed by atoms with Crippen molar-refractivity contribution in [2.75, 3.05) is 26.5 Å². The molecule has 124 valence electrons. The second-order valence-electron chi connectivity index (χ2n) is 6.00. The van der Waals surface area contributed by atoms with Crippen molar-refractivity contribution < 1.29 is 14.3 Å². The van der Waals surface area contributed by atoms with Crippen LogP contribution in [0.2, 0.25) is 0 Å². The van der Waals surface area contributed by atoms with Gasteiger partial charge in [0, 0.05) is 23.5 Å². The zero-order valence-electron chi connectivity index (χ0n) is 14.2. The molecule has 1 aromatic carbocycles. The summed E-state index contributed by atoms with van der Waals surface area (Å²) in [6.07, 6.45) is 1.17. The first kappa shape index (κ1) is 18.7. The first-order chi connectivity index (χ1) is 10.4.